The number of benzene rings is 1. The van der Waals surface area contributed by atoms with Gasteiger partial charge < -0.3 is 15.6 Å². The Hall–Kier alpha value is -1.55. The third-order valence-electron chi connectivity index (χ3n) is 3.05. The molecule has 0 aliphatic carbocycles. The zero-order chi connectivity index (χ0) is 13.6. The van der Waals surface area contributed by atoms with Crippen LogP contribution in [0.2, 0.25) is 0 Å². The first-order valence-corrected chi connectivity index (χ1v) is 6.13. The van der Waals surface area contributed by atoms with Crippen molar-refractivity contribution in [2.45, 2.75) is 33.3 Å². The van der Waals surface area contributed by atoms with Gasteiger partial charge in [0.15, 0.2) is 0 Å². The second kappa shape index (κ2) is 6.40. The molecule has 4 heteroatoms. The smallest absolute Gasteiger partial charge is 0.119 e. The lowest BCUT2D eigenvalue weighted by Crippen LogP contribution is -2.31. The van der Waals surface area contributed by atoms with Gasteiger partial charge in [0.1, 0.15) is 5.75 Å². The van der Waals surface area contributed by atoms with Gasteiger partial charge in [-0.1, -0.05) is 26.0 Å². The van der Waals surface area contributed by atoms with Crippen molar-refractivity contribution in [3.05, 3.63) is 29.8 Å². The summed E-state index contributed by atoms with van der Waals surface area (Å²) < 4.78 is 5.59. The molecule has 0 fully saturated rings. The van der Waals surface area contributed by atoms with Crippen LogP contribution in [-0.2, 0) is 6.61 Å². The van der Waals surface area contributed by atoms with E-state index in [1.165, 1.54) is 0 Å². The molecule has 0 aliphatic rings. The summed E-state index contributed by atoms with van der Waals surface area (Å²) in [5.74, 6) is 1.02. The van der Waals surface area contributed by atoms with Gasteiger partial charge in [0.2, 0.25) is 0 Å². The SMILES string of the molecule is CC(C)(CCCOc1ccc(CO)cc1)C(=N)N. The van der Waals surface area contributed by atoms with Gasteiger partial charge in [0.25, 0.3) is 0 Å². The Morgan fingerprint density at radius 1 is 1.33 bits per heavy atom. The zero-order valence-electron chi connectivity index (χ0n) is 11.1. The number of ether oxygens (including phenoxy) is 1. The zero-order valence-corrected chi connectivity index (χ0v) is 11.1. The maximum atomic E-state index is 8.91. The van der Waals surface area contributed by atoms with Crippen molar-refractivity contribution in [3.63, 3.8) is 0 Å². The van der Waals surface area contributed by atoms with Crippen molar-refractivity contribution in [1.82, 2.24) is 0 Å². The van der Waals surface area contributed by atoms with Gasteiger partial charge in [-0.15, -0.1) is 0 Å². The van der Waals surface area contributed by atoms with Crippen molar-refractivity contribution < 1.29 is 9.84 Å². The highest BCUT2D eigenvalue weighted by Gasteiger charge is 2.20. The number of hydrogen-bond donors (Lipinski definition) is 3. The Morgan fingerprint density at radius 3 is 2.44 bits per heavy atom. The summed E-state index contributed by atoms with van der Waals surface area (Å²) in [4.78, 5) is 0. The molecular weight excluding hydrogens is 228 g/mol. The van der Waals surface area contributed by atoms with Gasteiger partial charge in [-0.25, -0.2) is 0 Å². The first-order valence-electron chi connectivity index (χ1n) is 6.13. The molecule has 18 heavy (non-hydrogen) atoms. The topological polar surface area (TPSA) is 79.3 Å². The Kier molecular flexibility index (Phi) is 5.16. The average molecular weight is 250 g/mol. The molecule has 4 nitrogen and oxygen atoms in total. The third kappa shape index (κ3) is 4.37. The van der Waals surface area contributed by atoms with Crippen LogP contribution in [0.5, 0.6) is 5.75 Å². The minimum Gasteiger partial charge on any atom is -0.494 e. The highest BCUT2D eigenvalue weighted by atomic mass is 16.5. The fourth-order valence-corrected chi connectivity index (χ4v) is 1.53. The Balaban J connectivity index is 2.31. The molecule has 0 aliphatic heterocycles. The molecule has 0 unspecified atom stereocenters. The molecule has 1 rings (SSSR count). The number of aliphatic hydroxyl groups excluding tert-OH is 1. The number of nitrogens with one attached hydrogen (secondary N) is 1. The molecule has 0 spiro atoms. The molecule has 100 valence electrons. The predicted molar refractivity (Wildman–Crippen MR) is 72.8 cm³/mol. The number of hydrogen-bond acceptors (Lipinski definition) is 3. The van der Waals surface area contributed by atoms with Gasteiger partial charge in [-0.05, 0) is 30.5 Å². The lowest BCUT2D eigenvalue weighted by molar-refractivity contribution is 0.279. The fraction of sp³-hybridized carbons (Fsp3) is 0.500. The van der Waals surface area contributed by atoms with Crippen LogP contribution in [0.4, 0.5) is 0 Å². The minimum atomic E-state index is -0.260. The summed E-state index contributed by atoms with van der Waals surface area (Å²) in [6, 6.07) is 7.38. The lowest BCUT2D eigenvalue weighted by Gasteiger charge is -2.22. The second-order valence-electron chi connectivity index (χ2n) is 5.05. The van der Waals surface area contributed by atoms with Crippen molar-refractivity contribution >= 4 is 5.84 Å². The second-order valence-corrected chi connectivity index (χ2v) is 5.05. The van der Waals surface area contributed by atoms with Gasteiger partial charge in [-0.2, -0.15) is 0 Å². The highest BCUT2D eigenvalue weighted by Crippen LogP contribution is 2.22. The standard InChI is InChI=1S/C14H22N2O2/c1-14(2,13(15)16)8-3-9-18-12-6-4-11(10-17)5-7-12/h4-7,17H,3,8-10H2,1-2H3,(H3,15,16). The van der Waals surface area contributed by atoms with Crippen LogP contribution in [0.15, 0.2) is 24.3 Å². The largest absolute Gasteiger partial charge is 0.494 e. The van der Waals surface area contributed by atoms with Crippen LogP contribution in [0.1, 0.15) is 32.3 Å². The maximum absolute atomic E-state index is 8.91. The van der Waals surface area contributed by atoms with E-state index in [-0.39, 0.29) is 17.9 Å². The Bertz CT molecular complexity index is 385. The van der Waals surface area contributed by atoms with Crippen LogP contribution in [-0.4, -0.2) is 17.5 Å². The molecule has 0 aromatic heterocycles. The van der Waals surface area contributed by atoms with Crippen molar-refractivity contribution in [2.24, 2.45) is 11.1 Å². The molecule has 4 N–H and O–H groups in total. The van der Waals surface area contributed by atoms with E-state index in [4.69, 9.17) is 21.0 Å². The highest BCUT2D eigenvalue weighted by molar-refractivity contribution is 5.82. The molecular formula is C14H22N2O2. The number of aliphatic hydroxyl groups is 1. The Labute approximate surface area is 108 Å². The van der Waals surface area contributed by atoms with Gasteiger partial charge >= 0.3 is 0 Å². The molecule has 0 atom stereocenters. The van der Waals surface area contributed by atoms with Gasteiger partial charge in [0, 0.05) is 5.41 Å². The average Bonchev–Trinajstić information content (AvgIpc) is 2.35. The van der Waals surface area contributed by atoms with Crippen molar-refractivity contribution in [3.8, 4) is 5.75 Å². The van der Waals surface area contributed by atoms with E-state index >= 15 is 0 Å². The molecule has 0 heterocycles. The summed E-state index contributed by atoms with van der Waals surface area (Å²) in [6.07, 6.45) is 1.69. The third-order valence-corrected chi connectivity index (χ3v) is 3.05. The summed E-state index contributed by atoms with van der Waals surface area (Å²) in [5.41, 5.74) is 6.13. The number of amidine groups is 1. The summed E-state index contributed by atoms with van der Waals surface area (Å²) in [5, 5.41) is 16.4. The van der Waals surface area contributed by atoms with E-state index in [9.17, 15) is 0 Å². The van der Waals surface area contributed by atoms with Gasteiger partial charge in [0.05, 0.1) is 19.0 Å². The molecule has 0 bridgehead atoms. The summed E-state index contributed by atoms with van der Waals surface area (Å²) in [7, 11) is 0. The first-order chi connectivity index (χ1) is 8.45. The van der Waals surface area contributed by atoms with E-state index < -0.39 is 0 Å². The van der Waals surface area contributed by atoms with E-state index in [0.29, 0.717) is 6.61 Å². The van der Waals surface area contributed by atoms with Crippen LogP contribution < -0.4 is 10.5 Å². The number of nitrogens with two attached hydrogens (primary N) is 1. The molecule has 0 saturated carbocycles. The van der Waals surface area contributed by atoms with E-state index in [1.54, 1.807) is 0 Å². The Morgan fingerprint density at radius 2 is 1.94 bits per heavy atom. The van der Waals surface area contributed by atoms with E-state index in [0.717, 1.165) is 24.2 Å². The van der Waals surface area contributed by atoms with Crippen molar-refractivity contribution in [2.75, 3.05) is 6.61 Å². The molecule has 0 saturated heterocycles. The van der Waals surface area contributed by atoms with Crippen LogP contribution >= 0.6 is 0 Å². The van der Waals surface area contributed by atoms with E-state index in [2.05, 4.69) is 0 Å². The maximum Gasteiger partial charge on any atom is 0.119 e. The summed E-state index contributed by atoms with van der Waals surface area (Å²) in [6.45, 7) is 4.58. The fourth-order valence-electron chi connectivity index (χ4n) is 1.53. The van der Waals surface area contributed by atoms with Crippen LogP contribution in [0.3, 0.4) is 0 Å². The van der Waals surface area contributed by atoms with E-state index in [1.807, 2.05) is 38.1 Å². The lowest BCUT2D eigenvalue weighted by atomic mass is 9.87. The molecule has 0 radical (unpaired) electrons. The normalized spacial score (nSPS) is 11.3. The van der Waals surface area contributed by atoms with Gasteiger partial charge in [-0.3, -0.25) is 5.41 Å². The molecule has 0 amide bonds. The monoisotopic (exact) mass is 250 g/mol. The van der Waals surface area contributed by atoms with Crippen molar-refractivity contribution in [1.29, 1.82) is 5.41 Å². The number of rotatable bonds is 7. The quantitative estimate of drug-likeness (QED) is 0.394. The molecule has 1 aromatic rings. The molecule has 1 aromatic carbocycles. The summed E-state index contributed by atoms with van der Waals surface area (Å²) >= 11 is 0. The predicted octanol–water partition coefficient (Wildman–Crippen LogP) is 2.30. The first kappa shape index (κ1) is 14.5. The van der Waals surface area contributed by atoms with Crippen LogP contribution in [0, 0.1) is 10.8 Å². The minimum absolute atomic E-state index is 0.0487. The van der Waals surface area contributed by atoms with Crippen LogP contribution in [0.25, 0.3) is 0 Å².